The van der Waals surface area contributed by atoms with Crippen molar-refractivity contribution in [1.29, 1.82) is 0 Å². The van der Waals surface area contributed by atoms with Crippen molar-refractivity contribution in [1.82, 2.24) is 0 Å². The molecule has 2 aromatic rings. The van der Waals surface area contributed by atoms with Crippen LogP contribution in [0.4, 0.5) is 0 Å². The Balaban J connectivity index is 2.24. The highest BCUT2D eigenvalue weighted by molar-refractivity contribution is 8.14. The lowest BCUT2D eigenvalue weighted by atomic mass is 10.2. The van der Waals surface area contributed by atoms with Crippen LogP contribution in [0.15, 0.2) is 53.4 Å². The molecule has 0 aliphatic rings. The fraction of sp³-hybridized carbons (Fsp3) is 0.0667. The minimum absolute atomic E-state index is 0.155. The molecule has 3 nitrogen and oxygen atoms in total. The van der Waals surface area contributed by atoms with Crippen LogP contribution in [0.3, 0.4) is 0 Å². The molecule has 2 aromatic carbocycles. The van der Waals surface area contributed by atoms with Gasteiger partial charge in [0.15, 0.2) is 0 Å². The summed E-state index contributed by atoms with van der Waals surface area (Å²) < 4.78 is 4.70. The summed E-state index contributed by atoms with van der Waals surface area (Å²) in [5.41, 5.74) is 0.904. The van der Waals surface area contributed by atoms with E-state index in [1.807, 2.05) is 0 Å². The maximum Gasteiger partial charge on any atom is 0.339 e. The second-order valence-electron chi connectivity index (χ2n) is 3.88. The maximum absolute atomic E-state index is 12.2. The number of rotatable bonds is 3. The summed E-state index contributed by atoms with van der Waals surface area (Å²) >= 11 is 6.77. The number of hydrogen-bond donors (Lipinski definition) is 0. The summed E-state index contributed by atoms with van der Waals surface area (Å²) in [7, 11) is 1.31. The number of carbonyl (C=O) groups is 2. The van der Waals surface area contributed by atoms with Gasteiger partial charge >= 0.3 is 5.97 Å². The van der Waals surface area contributed by atoms with Crippen LogP contribution in [0.1, 0.15) is 20.7 Å². The zero-order valence-electron chi connectivity index (χ0n) is 10.6. The van der Waals surface area contributed by atoms with Crippen LogP contribution < -0.4 is 0 Å². The van der Waals surface area contributed by atoms with Crippen molar-refractivity contribution in [2.45, 2.75) is 4.90 Å². The number of benzene rings is 2. The van der Waals surface area contributed by atoms with Gasteiger partial charge in [-0.25, -0.2) is 4.79 Å². The van der Waals surface area contributed by atoms with Crippen molar-refractivity contribution in [2.24, 2.45) is 0 Å². The predicted octanol–water partition coefficient (Wildman–Crippen LogP) is 4.06. The molecular formula is C15H11ClO3S. The van der Waals surface area contributed by atoms with E-state index in [-0.39, 0.29) is 5.12 Å². The van der Waals surface area contributed by atoms with Gasteiger partial charge in [0.2, 0.25) is 5.12 Å². The zero-order chi connectivity index (χ0) is 14.5. The molecule has 5 heteroatoms. The Morgan fingerprint density at radius 3 is 2.35 bits per heavy atom. The topological polar surface area (TPSA) is 43.4 Å². The second kappa shape index (κ2) is 6.59. The highest BCUT2D eigenvalue weighted by Crippen LogP contribution is 2.27. The molecule has 0 saturated heterocycles. The molecule has 0 amide bonds. The molecule has 0 radical (unpaired) electrons. The molecule has 0 spiro atoms. The van der Waals surface area contributed by atoms with Crippen molar-refractivity contribution in [3.63, 3.8) is 0 Å². The quantitative estimate of drug-likeness (QED) is 0.633. The molecule has 0 bridgehead atoms. The fourth-order valence-corrected chi connectivity index (χ4v) is 2.57. The number of thioether (sulfide) groups is 1. The number of methoxy groups -OCH3 is 1. The van der Waals surface area contributed by atoms with Gasteiger partial charge in [0.05, 0.1) is 12.7 Å². The van der Waals surface area contributed by atoms with Gasteiger partial charge in [-0.1, -0.05) is 23.7 Å². The third-order valence-electron chi connectivity index (χ3n) is 2.57. The smallest absolute Gasteiger partial charge is 0.339 e. The molecule has 0 aliphatic carbocycles. The van der Waals surface area contributed by atoms with Crippen LogP contribution in [0.5, 0.6) is 0 Å². The lowest BCUT2D eigenvalue weighted by Gasteiger charge is -2.06. The average molecular weight is 307 g/mol. The molecule has 0 heterocycles. The first-order valence-electron chi connectivity index (χ1n) is 5.77. The van der Waals surface area contributed by atoms with Crippen LogP contribution in [0.2, 0.25) is 5.02 Å². The predicted molar refractivity (Wildman–Crippen MR) is 79.4 cm³/mol. The summed E-state index contributed by atoms with van der Waals surface area (Å²) in [4.78, 5) is 24.4. The lowest BCUT2D eigenvalue weighted by Crippen LogP contribution is -2.04. The second-order valence-corrected chi connectivity index (χ2v) is 5.34. The van der Waals surface area contributed by atoms with Gasteiger partial charge in [-0.15, -0.1) is 0 Å². The highest BCUT2D eigenvalue weighted by atomic mass is 35.5. The highest BCUT2D eigenvalue weighted by Gasteiger charge is 2.15. The molecule has 0 aliphatic heterocycles. The zero-order valence-corrected chi connectivity index (χ0v) is 12.2. The van der Waals surface area contributed by atoms with E-state index in [9.17, 15) is 9.59 Å². The largest absolute Gasteiger partial charge is 0.465 e. The molecule has 2 rings (SSSR count). The SMILES string of the molecule is COC(=O)c1ccccc1SC(=O)c1ccc(Cl)cc1. The van der Waals surface area contributed by atoms with E-state index in [0.717, 1.165) is 11.8 Å². The molecule has 0 saturated carbocycles. The lowest BCUT2D eigenvalue weighted by molar-refractivity contribution is 0.0597. The van der Waals surface area contributed by atoms with E-state index in [0.29, 0.717) is 21.0 Å². The average Bonchev–Trinajstić information content (AvgIpc) is 2.47. The Hall–Kier alpha value is -1.78. The number of halogens is 1. The molecule has 0 aromatic heterocycles. The van der Waals surface area contributed by atoms with Gasteiger partial charge in [0, 0.05) is 15.5 Å². The van der Waals surface area contributed by atoms with E-state index < -0.39 is 5.97 Å². The van der Waals surface area contributed by atoms with Crippen LogP contribution in [0.25, 0.3) is 0 Å². The van der Waals surface area contributed by atoms with Crippen LogP contribution >= 0.6 is 23.4 Å². The van der Waals surface area contributed by atoms with E-state index in [2.05, 4.69) is 0 Å². The molecule has 20 heavy (non-hydrogen) atoms. The van der Waals surface area contributed by atoms with Gasteiger partial charge in [0.25, 0.3) is 0 Å². The van der Waals surface area contributed by atoms with Crippen LogP contribution in [-0.2, 0) is 4.74 Å². The number of ether oxygens (including phenoxy) is 1. The summed E-state index contributed by atoms with van der Waals surface area (Å²) in [5, 5.41) is 0.416. The number of hydrogen-bond acceptors (Lipinski definition) is 4. The molecule has 102 valence electrons. The van der Waals surface area contributed by atoms with Crippen molar-refractivity contribution < 1.29 is 14.3 Å². The van der Waals surface area contributed by atoms with Crippen LogP contribution in [-0.4, -0.2) is 18.2 Å². The van der Waals surface area contributed by atoms with Gasteiger partial charge in [0.1, 0.15) is 0 Å². The Morgan fingerprint density at radius 2 is 1.70 bits per heavy atom. The molecule has 0 fully saturated rings. The van der Waals surface area contributed by atoms with Crippen molar-refractivity contribution in [2.75, 3.05) is 7.11 Å². The minimum Gasteiger partial charge on any atom is -0.465 e. The van der Waals surface area contributed by atoms with Crippen molar-refractivity contribution in [3.8, 4) is 0 Å². The van der Waals surface area contributed by atoms with Crippen molar-refractivity contribution in [3.05, 3.63) is 64.7 Å². The van der Waals surface area contributed by atoms with Crippen LogP contribution in [0, 0.1) is 0 Å². The Labute approximate surface area is 125 Å². The normalized spacial score (nSPS) is 10.1. The van der Waals surface area contributed by atoms with Gasteiger partial charge < -0.3 is 4.74 Å². The van der Waals surface area contributed by atoms with Gasteiger partial charge in [-0.2, -0.15) is 0 Å². The van der Waals surface area contributed by atoms with E-state index in [1.165, 1.54) is 7.11 Å². The third-order valence-corrected chi connectivity index (χ3v) is 3.82. The fourth-order valence-electron chi connectivity index (χ4n) is 1.58. The van der Waals surface area contributed by atoms with Gasteiger partial charge in [-0.05, 0) is 48.2 Å². The first-order chi connectivity index (χ1) is 9.61. The minimum atomic E-state index is -0.461. The molecule has 0 atom stereocenters. The summed E-state index contributed by atoms with van der Waals surface area (Å²) in [6.07, 6.45) is 0. The molecular weight excluding hydrogens is 296 g/mol. The van der Waals surface area contributed by atoms with E-state index in [4.69, 9.17) is 16.3 Å². The standard InChI is InChI=1S/C15H11ClO3S/c1-19-14(17)12-4-2-3-5-13(12)20-15(18)10-6-8-11(16)9-7-10/h2-9H,1H3. The Kier molecular flexibility index (Phi) is 4.82. The summed E-state index contributed by atoms with van der Waals surface area (Å²) in [5.74, 6) is -0.461. The molecule has 0 N–H and O–H groups in total. The van der Waals surface area contributed by atoms with Crippen molar-refractivity contribution >= 4 is 34.4 Å². The first kappa shape index (κ1) is 14.6. The molecule has 0 unspecified atom stereocenters. The first-order valence-corrected chi connectivity index (χ1v) is 6.96. The maximum atomic E-state index is 12.2. The Morgan fingerprint density at radius 1 is 1.05 bits per heavy atom. The third kappa shape index (κ3) is 3.40. The van der Waals surface area contributed by atoms with Gasteiger partial charge in [-0.3, -0.25) is 4.79 Å². The van der Waals surface area contributed by atoms with E-state index >= 15 is 0 Å². The number of carbonyl (C=O) groups excluding carboxylic acids is 2. The summed E-state index contributed by atoms with van der Waals surface area (Å²) in [6, 6.07) is 13.4. The summed E-state index contributed by atoms with van der Waals surface area (Å²) in [6.45, 7) is 0. The van der Waals surface area contributed by atoms with E-state index in [1.54, 1.807) is 48.5 Å². The number of esters is 1. The Bertz CT molecular complexity index is 638. The monoisotopic (exact) mass is 306 g/mol.